The summed E-state index contributed by atoms with van der Waals surface area (Å²) in [7, 11) is 0. The highest BCUT2D eigenvalue weighted by molar-refractivity contribution is 5.68. The van der Waals surface area contributed by atoms with Crippen LogP contribution in [0.3, 0.4) is 0 Å². The predicted octanol–water partition coefficient (Wildman–Crippen LogP) is 1.85. The van der Waals surface area contributed by atoms with Gasteiger partial charge in [-0.05, 0) is 52.5 Å². The van der Waals surface area contributed by atoms with Gasteiger partial charge in [0.05, 0.1) is 0 Å². The van der Waals surface area contributed by atoms with Gasteiger partial charge in [-0.2, -0.15) is 0 Å². The molecular weight excluding hydrogens is 216 g/mol. The topological polar surface area (TPSA) is 41.6 Å². The van der Waals surface area contributed by atoms with Crippen LogP contribution in [-0.2, 0) is 4.74 Å². The van der Waals surface area contributed by atoms with E-state index in [9.17, 15) is 4.79 Å². The van der Waals surface area contributed by atoms with E-state index in [1.807, 2.05) is 25.7 Å². The lowest BCUT2D eigenvalue weighted by atomic mass is 9.83. The number of hydrogen-bond donors (Lipinski definition) is 1. The van der Waals surface area contributed by atoms with Gasteiger partial charge in [-0.1, -0.05) is 0 Å². The molecule has 0 aromatic carbocycles. The molecule has 1 N–H and O–H groups in total. The highest BCUT2D eigenvalue weighted by Gasteiger charge is 2.41. The molecule has 4 heteroatoms. The summed E-state index contributed by atoms with van der Waals surface area (Å²) in [6.07, 6.45) is 0.941. The van der Waals surface area contributed by atoms with E-state index in [1.165, 1.54) is 0 Å². The number of ether oxygens (including phenoxy) is 1. The second kappa shape index (κ2) is 4.48. The number of carbonyl (C=O) groups is 1. The van der Waals surface area contributed by atoms with Crippen molar-refractivity contribution in [2.45, 2.75) is 45.8 Å². The molecular formula is C13H24N2O2. The van der Waals surface area contributed by atoms with Crippen LogP contribution in [0.4, 0.5) is 4.79 Å². The number of fused-ring (bicyclic) bond motifs is 1. The molecule has 0 saturated carbocycles. The fourth-order valence-electron chi connectivity index (χ4n) is 2.95. The summed E-state index contributed by atoms with van der Waals surface area (Å²) in [4.78, 5) is 14.0. The van der Waals surface area contributed by atoms with Gasteiger partial charge in [0.25, 0.3) is 0 Å². The molecule has 0 spiro atoms. The number of hydrogen-bond acceptors (Lipinski definition) is 3. The molecule has 0 bridgehead atoms. The zero-order valence-electron chi connectivity index (χ0n) is 11.3. The summed E-state index contributed by atoms with van der Waals surface area (Å²) in [5.41, 5.74) is -0.401. The summed E-state index contributed by atoms with van der Waals surface area (Å²) in [6.45, 7) is 10.9. The molecule has 2 aliphatic rings. The number of nitrogens with one attached hydrogen (secondary N) is 1. The van der Waals surface area contributed by atoms with Gasteiger partial charge in [0.15, 0.2) is 0 Å². The van der Waals surface area contributed by atoms with Gasteiger partial charge in [-0.25, -0.2) is 4.79 Å². The number of piperidine rings is 1. The van der Waals surface area contributed by atoms with Crippen molar-refractivity contribution in [2.24, 2.45) is 11.8 Å². The minimum atomic E-state index is -0.401. The SMILES string of the molecule is CC1C2CNCC2CCN1C(=O)OC(C)(C)C. The van der Waals surface area contributed by atoms with Crippen molar-refractivity contribution in [3.8, 4) is 0 Å². The van der Waals surface area contributed by atoms with E-state index in [-0.39, 0.29) is 6.09 Å². The van der Waals surface area contributed by atoms with Gasteiger partial charge in [-0.3, -0.25) is 0 Å². The molecule has 0 aliphatic carbocycles. The van der Waals surface area contributed by atoms with Crippen molar-refractivity contribution in [3.63, 3.8) is 0 Å². The molecule has 2 saturated heterocycles. The van der Waals surface area contributed by atoms with Crippen molar-refractivity contribution >= 4 is 6.09 Å². The van der Waals surface area contributed by atoms with Crippen LogP contribution < -0.4 is 5.32 Å². The van der Waals surface area contributed by atoms with Crippen LogP contribution in [0.5, 0.6) is 0 Å². The van der Waals surface area contributed by atoms with Crippen LogP contribution >= 0.6 is 0 Å². The molecule has 0 radical (unpaired) electrons. The Morgan fingerprint density at radius 3 is 2.71 bits per heavy atom. The van der Waals surface area contributed by atoms with Crippen LogP contribution in [0.1, 0.15) is 34.1 Å². The Kier molecular flexibility index (Phi) is 3.34. The van der Waals surface area contributed by atoms with Crippen LogP contribution in [0.2, 0.25) is 0 Å². The summed E-state index contributed by atoms with van der Waals surface area (Å²) in [5, 5.41) is 3.42. The number of carbonyl (C=O) groups excluding carboxylic acids is 1. The Morgan fingerprint density at radius 1 is 1.35 bits per heavy atom. The fraction of sp³-hybridized carbons (Fsp3) is 0.923. The summed E-state index contributed by atoms with van der Waals surface area (Å²) >= 11 is 0. The van der Waals surface area contributed by atoms with Gasteiger partial charge in [0.2, 0.25) is 0 Å². The molecule has 2 fully saturated rings. The third-order valence-electron chi connectivity index (χ3n) is 3.87. The summed E-state index contributed by atoms with van der Waals surface area (Å²) in [6, 6.07) is 0.290. The maximum absolute atomic E-state index is 12.1. The van der Waals surface area contributed by atoms with Crippen LogP contribution in [0, 0.1) is 11.8 Å². The highest BCUT2D eigenvalue weighted by Crippen LogP contribution is 2.32. The standard InChI is InChI=1S/C13H24N2O2/c1-9-11-8-14-7-10(11)5-6-15(9)12(16)17-13(2,3)4/h9-11,14H,5-8H2,1-4H3. The molecule has 3 atom stereocenters. The number of likely N-dealkylation sites (tertiary alicyclic amines) is 1. The van der Waals surface area contributed by atoms with E-state index in [4.69, 9.17) is 4.74 Å². The van der Waals surface area contributed by atoms with Crippen molar-refractivity contribution in [1.82, 2.24) is 10.2 Å². The maximum Gasteiger partial charge on any atom is 0.410 e. The number of amides is 1. The van der Waals surface area contributed by atoms with E-state index in [1.54, 1.807) is 0 Å². The molecule has 3 unspecified atom stereocenters. The molecule has 1 amide bonds. The molecule has 0 aromatic heterocycles. The zero-order chi connectivity index (χ0) is 12.6. The molecule has 17 heavy (non-hydrogen) atoms. The maximum atomic E-state index is 12.1. The smallest absolute Gasteiger partial charge is 0.410 e. The zero-order valence-corrected chi connectivity index (χ0v) is 11.3. The van der Waals surface area contributed by atoms with E-state index < -0.39 is 5.60 Å². The number of nitrogens with zero attached hydrogens (tertiary/aromatic N) is 1. The second-order valence-corrected chi connectivity index (χ2v) is 6.29. The largest absolute Gasteiger partial charge is 0.444 e. The Hall–Kier alpha value is -0.770. The van der Waals surface area contributed by atoms with Crippen molar-refractivity contribution < 1.29 is 9.53 Å². The van der Waals surface area contributed by atoms with E-state index >= 15 is 0 Å². The summed E-state index contributed by atoms with van der Waals surface area (Å²) in [5.74, 6) is 1.33. The van der Waals surface area contributed by atoms with Crippen LogP contribution in [-0.4, -0.2) is 42.3 Å². The van der Waals surface area contributed by atoms with Crippen LogP contribution in [0.25, 0.3) is 0 Å². The first-order chi connectivity index (χ1) is 7.88. The lowest BCUT2D eigenvalue weighted by molar-refractivity contribution is -0.000966. The van der Waals surface area contributed by atoms with Gasteiger partial charge in [0.1, 0.15) is 5.60 Å². The first kappa shape index (κ1) is 12.7. The average molecular weight is 240 g/mol. The second-order valence-electron chi connectivity index (χ2n) is 6.29. The van der Waals surface area contributed by atoms with Gasteiger partial charge >= 0.3 is 6.09 Å². The van der Waals surface area contributed by atoms with Crippen molar-refractivity contribution in [1.29, 1.82) is 0 Å². The first-order valence-corrected chi connectivity index (χ1v) is 6.59. The monoisotopic (exact) mass is 240 g/mol. The minimum Gasteiger partial charge on any atom is -0.444 e. The Bertz CT molecular complexity index is 298. The average Bonchev–Trinajstić information content (AvgIpc) is 2.63. The Balaban J connectivity index is 1.99. The van der Waals surface area contributed by atoms with Gasteiger partial charge in [-0.15, -0.1) is 0 Å². The van der Waals surface area contributed by atoms with Crippen molar-refractivity contribution in [3.05, 3.63) is 0 Å². The fourth-order valence-corrected chi connectivity index (χ4v) is 2.95. The van der Waals surface area contributed by atoms with E-state index in [0.29, 0.717) is 12.0 Å². The molecule has 98 valence electrons. The third kappa shape index (κ3) is 2.73. The van der Waals surface area contributed by atoms with E-state index in [2.05, 4.69) is 12.2 Å². The Labute approximate surface area is 104 Å². The van der Waals surface area contributed by atoms with Gasteiger partial charge < -0.3 is 15.0 Å². The van der Waals surface area contributed by atoms with Crippen molar-refractivity contribution in [2.75, 3.05) is 19.6 Å². The minimum absolute atomic E-state index is 0.157. The lowest BCUT2D eigenvalue weighted by Gasteiger charge is -2.41. The molecule has 2 aliphatic heterocycles. The first-order valence-electron chi connectivity index (χ1n) is 6.59. The van der Waals surface area contributed by atoms with Gasteiger partial charge in [0, 0.05) is 19.1 Å². The highest BCUT2D eigenvalue weighted by atomic mass is 16.6. The third-order valence-corrected chi connectivity index (χ3v) is 3.87. The molecule has 2 rings (SSSR count). The number of rotatable bonds is 0. The van der Waals surface area contributed by atoms with E-state index in [0.717, 1.165) is 32.0 Å². The molecule has 4 nitrogen and oxygen atoms in total. The van der Waals surface area contributed by atoms with Crippen LogP contribution in [0.15, 0.2) is 0 Å². The molecule has 2 heterocycles. The summed E-state index contributed by atoms with van der Waals surface area (Å²) < 4.78 is 5.46. The quantitative estimate of drug-likeness (QED) is 0.702. The normalized spacial score (nSPS) is 33.4. The lowest BCUT2D eigenvalue weighted by Crippen LogP contribution is -2.51. The molecule has 0 aromatic rings. The predicted molar refractivity (Wildman–Crippen MR) is 66.9 cm³/mol. The Morgan fingerprint density at radius 2 is 2.06 bits per heavy atom.